The van der Waals surface area contributed by atoms with Crippen LogP contribution in [0.15, 0.2) is 24.3 Å². The molecule has 0 radical (unpaired) electrons. The number of nitrogens with two attached hydrogens (primary N) is 1. The Morgan fingerprint density at radius 3 is 2.48 bits per heavy atom. The van der Waals surface area contributed by atoms with Crippen molar-refractivity contribution in [2.75, 3.05) is 20.3 Å². The highest BCUT2D eigenvalue weighted by Gasteiger charge is 2.20. The molecule has 1 aromatic carbocycles. The Kier molecular flexibility index (Phi) is 6.98. The minimum absolute atomic E-state index is 0.0600. The molecule has 21 heavy (non-hydrogen) atoms. The number of ether oxygens (including phenoxy) is 2. The molecule has 2 unspecified atom stereocenters. The summed E-state index contributed by atoms with van der Waals surface area (Å²) >= 11 is 0. The number of carbonyl (C=O) groups excluding carboxylic acids is 1. The highest BCUT2D eigenvalue weighted by Crippen LogP contribution is 2.25. The van der Waals surface area contributed by atoms with E-state index in [0.717, 1.165) is 0 Å². The van der Waals surface area contributed by atoms with E-state index in [4.69, 9.17) is 15.2 Å². The van der Waals surface area contributed by atoms with Crippen molar-refractivity contribution in [3.05, 3.63) is 24.3 Å². The first-order valence-corrected chi connectivity index (χ1v) is 6.92. The van der Waals surface area contributed by atoms with E-state index >= 15 is 0 Å². The van der Waals surface area contributed by atoms with Crippen LogP contribution in [0.2, 0.25) is 0 Å². The van der Waals surface area contributed by atoms with Crippen molar-refractivity contribution >= 4 is 5.91 Å². The van der Waals surface area contributed by atoms with Crippen LogP contribution in [0, 0.1) is 5.92 Å². The summed E-state index contributed by atoms with van der Waals surface area (Å²) in [4.78, 5) is 11.2. The van der Waals surface area contributed by atoms with E-state index in [1.165, 1.54) is 0 Å². The van der Waals surface area contributed by atoms with Crippen LogP contribution < -0.4 is 20.5 Å². The first kappa shape index (κ1) is 17.3. The van der Waals surface area contributed by atoms with Crippen LogP contribution in [0.3, 0.4) is 0 Å². The van der Waals surface area contributed by atoms with Gasteiger partial charge in [0, 0.05) is 6.54 Å². The van der Waals surface area contributed by atoms with Crippen molar-refractivity contribution in [3.8, 4) is 11.5 Å². The SMILES string of the molecule is COc1ccccc1OCC(O)CNC(C(N)=O)C(C)C. The number of para-hydroxylation sites is 2. The van der Waals surface area contributed by atoms with Gasteiger partial charge in [-0.2, -0.15) is 0 Å². The molecule has 4 N–H and O–H groups in total. The minimum atomic E-state index is -0.754. The van der Waals surface area contributed by atoms with Gasteiger partial charge in [0.1, 0.15) is 12.7 Å². The monoisotopic (exact) mass is 296 g/mol. The van der Waals surface area contributed by atoms with Crippen LogP contribution in [0.25, 0.3) is 0 Å². The van der Waals surface area contributed by atoms with Crippen molar-refractivity contribution < 1.29 is 19.4 Å². The average Bonchev–Trinajstić information content (AvgIpc) is 2.44. The lowest BCUT2D eigenvalue weighted by Crippen LogP contribution is -2.48. The van der Waals surface area contributed by atoms with Crippen LogP contribution in [-0.4, -0.2) is 43.4 Å². The van der Waals surface area contributed by atoms with E-state index in [1.807, 2.05) is 26.0 Å². The van der Waals surface area contributed by atoms with Crippen LogP contribution in [-0.2, 0) is 4.79 Å². The summed E-state index contributed by atoms with van der Waals surface area (Å²) in [6, 6.07) is 6.74. The molecule has 0 heterocycles. The third-order valence-corrected chi connectivity index (χ3v) is 3.05. The van der Waals surface area contributed by atoms with Crippen molar-refractivity contribution in [2.45, 2.75) is 26.0 Å². The lowest BCUT2D eigenvalue weighted by Gasteiger charge is -2.21. The number of benzene rings is 1. The molecule has 118 valence electrons. The number of aliphatic hydroxyl groups is 1. The summed E-state index contributed by atoms with van der Waals surface area (Å²) in [5.41, 5.74) is 5.30. The average molecular weight is 296 g/mol. The van der Waals surface area contributed by atoms with Crippen LogP contribution in [0.5, 0.6) is 11.5 Å². The fourth-order valence-corrected chi connectivity index (χ4v) is 1.91. The number of nitrogens with one attached hydrogen (secondary N) is 1. The van der Waals surface area contributed by atoms with Gasteiger partial charge in [-0.3, -0.25) is 4.79 Å². The number of hydrogen-bond acceptors (Lipinski definition) is 5. The quantitative estimate of drug-likeness (QED) is 0.618. The predicted molar refractivity (Wildman–Crippen MR) is 80.3 cm³/mol. The molecule has 0 bridgehead atoms. The van der Waals surface area contributed by atoms with E-state index in [-0.39, 0.29) is 19.1 Å². The van der Waals surface area contributed by atoms with Gasteiger partial charge >= 0.3 is 0 Å². The number of carbonyl (C=O) groups is 1. The molecule has 1 aromatic rings. The Balaban J connectivity index is 2.43. The fraction of sp³-hybridized carbons (Fsp3) is 0.533. The molecule has 0 aliphatic carbocycles. The standard InChI is InChI=1S/C15H24N2O4/c1-10(2)14(15(16)19)17-8-11(18)9-21-13-7-5-4-6-12(13)20-3/h4-7,10-11,14,17-18H,8-9H2,1-3H3,(H2,16,19). The Morgan fingerprint density at radius 2 is 1.95 bits per heavy atom. The second kappa shape index (κ2) is 8.49. The second-order valence-corrected chi connectivity index (χ2v) is 5.15. The molecule has 6 heteroatoms. The molecule has 0 saturated carbocycles. The number of amides is 1. The minimum Gasteiger partial charge on any atom is -0.493 e. The zero-order valence-corrected chi connectivity index (χ0v) is 12.7. The molecule has 0 aliphatic rings. The maximum atomic E-state index is 11.2. The number of methoxy groups -OCH3 is 1. The maximum absolute atomic E-state index is 11.2. The molecule has 6 nitrogen and oxygen atoms in total. The van der Waals surface area contributed by atoms with Gasteiger partial charge in [0.25, 0.3) is 0 Å². The summed E-state index contributed by atoms with van der Waals surface area (Å²) in [5, 5.41) is 12.9. The highest BCUT2D eigenvalue weighted by atomic mass is 16.5. The molecule has 0 fully saturated rings. The number of hydrogen-bond donors (Lipinski definition) is 3. The van der Waals surface area contributed by atoms with Gasteiger partial charge in [-0.25, -0.2) is 0 Å². The van der Waals surface area contributed by atoms with Gasteiger partial charge in [-0.05, 0) is 18.1 Å². The van der Waals surface area contributed by atoms with Crippen molar-refractivity contribution in [1.29, 1.82) is 0 Å². The first-order chi connectivity index (χ1) is 9.95. The summed E-state index contributed by atoms with van der Waals surface area (Å²) in [5.74, 6) is 0.803. The normalized spacial score (nSPS) is 13.8. The van der Waals surface area contributed by atoms with Gasteiger partial charge in [-0.15, -0.1) is 0 Å². The largest absolute Gasteiger partial charge is 0.493 e. The maximum Gasteiger partial charge on any atom is 0.234 e. The van der Waals surface area contributed by atoms with E-state index in [1.54, 1.807) is 19.2 Å². The van der Waals surface area contributed by atoms with Crippen molar-refractivity contribution in [2.24, 2.45) is 11.7 Å². The molecule has 0 aliphatic heterocycles. The second-order valence-electron chi connectivity index (χ2n) is 5.15. The van der Waals surface area contributed by atoms with Crippen LogP contribution in [0.4, 0.5) is 0 Å². The highest BCUT2D eigenvalue weighted by molar-refractivity contribution is 5.80. The van der Waals surface area contributed by atoms with Gasteiger partial charge in [0.05, 0.1) is 13.2 Å². The van der Waals surface area contributed by atoms with Crippen LogP contribution in [0.1, 0.15) is 13.8 Å². The third kappa shape index (κ3) is 5.61. The summed E-state index contributed by atoms with van der Waals surface area (Å²) in [6.45, 7) is 4.10. The Bertz CT molecular complexity index is 451. The zero-order chi connectivity index (χ0) is 15.8. The molecular weight excluding hydrogens is 272 g/mol. The van der Waals surface area contributed by atoms with Gasteiger partial charge in [-0.1, -0.05) is 26.0 Å². The summed E-state index contributed by atoms with van der Waals surface area (Å²) in [7, 11) is 1.56. The fourth-order valence-electron chi connectivity index (χ4n) is 1.91. The number of rotatable bonds is 9. The van der Waals surface area contributed by atoms with Gasteiger partial charge < -0.3 is 25.6 Å². The zero-order valence-electron chi connectivity index (χ0n) is 12.7. The lowest BCUT2D eigenvalue weighted by atomic mass is 10.0. The Labute approximate surface area is 125 Å². The molecule has 1 amide bonds. The first-order valence-electron chi connectivity index (χ1n) is 6.92. The topological polar surface area (TPSA) is 93.8 Å². The van der Waals surface area contributed by atoms with Crippen molar-refractivity contribution in [3.63, 3.8) is 0 Å². The Hall–Kier alpha value is -1.79. The molecule has 0 spiro atoms. The lowest BCUT2D eigenvalue weighted by molar-refractivity contribution is -0.121. The molecule has 0 saturated heterocycles. The molecule has 0 aromatic heterocycles. The third-order valence-electron chi connectivity index (χ3n) is 3.05. The Morgan fingerprint density at radius 1 is 1.33 bits per heavy atom. The number of primary amides is 1. The van der Waals surface area contributed by atoms with E-state index in [0.29, 0.717) is 11.5 Å². The number of aliphatic hydroxyl groups excluding tert-OH is 1. The van der Waals surface area contributed by atoms with E-state index < -0.39 is 18.1 Å². The van der Waals surface area contributed by atoms with E-state index in [9.17, 15) is 9.90 Å². The van der Waals surface area contributed by atoms with Gasteiger partial charge in [0.2, 0.25) is 5.91 Å². The summed E-state index contributed by atoms with van der Waals surface area (Å²) in [6.07, 6.45) is -0.754. The smallest absolute Gasteiger partial charge is 0.234 e. The predicted octanol–water partition coefficient (Wildman–Crippen LogP) is 0.534. The molecule has 1 rings (SSSR count). The van der Waals surface area contributed by atoms with Crippen LogP contribution >= 0.6 is 0 Å². The van der Waals surface area contributed by atoms with Gasteiger partial charge in [0.15, 0.2) is 11.5 Å². The summed E-state index contributed by atoms with van der Waals surface area (Å²) < 4.78 is 10.7. The molecule has 2 atom stereocenters. The molecular formula is C15H24N2O4. The van der Waals surface area contributed by atoms with Crippen molar-refractivity contribution in [1.82, 2.24) is 5.32 Å². The van der Waals surface area contributed by atoms with E-state index in [2.05, 4.69) is 5.32 Å².